The number of hydrogen-bond acceptors (Lipinski definition) is 3. The van der Waals surface area contributed by atoms with Gasteiger partial charge in [-0.2, -0.15) is 5.10 Å². The quantitative estimate of drug-likeness (QED) is 0.458. The second-order valence-corrected chi connectivity index (χ2v) is 11.3. The molecular weight excluding hydrogens is 460 g/mol. The summed E-state index contributed by atoms with van der Waals surface area (Å²) >= 11 is 0. The second kappa shape index (κ2) is 9.81. The van der Waals surface area contributed by atoms with Gasteiger partial charge in [-0.1, -0.05) is 63.4 Å². The Labute approximate surface area is 220 Å². The van der Waals surface area contributed by atoms with Crippen LogP contribution in [-0.4, -0.2) is 33.2 Å². The predicted octanol–water partition coefficient (Wildman–Crippen LogP) is 6.16. The minimum absolute atomic E-state index is 0.116. The summed E-state index contributed by atoms with van der Waals surface area (Å²) < 4.78 is 1.73. The maximum atomic E-state index is 14.1. The van der Waals surface area contributed by atoms with Crippen LogP contribution in [0.1, 0.15) is 86.0 Å². The number of amides is 2. The number of aromatic nitrogens is 2. The summed E-state index contributed by atoms with van der Waals surface area (Å²) in [5.74, 6) is 0.129. The Morgan fingerprint density at radius 3 is 2.35 bits per heavy atom. The monoisotopic (exact) mass is 498 g/mol. The molecule has 3 aromatic rings. The zero-order chi connectivity index (χ0) is 26.3. The molecule has 1 aliphatic carbocycles. The molecule has 2 aliphatic rings. The van der Waals surface area contributed by atoms with Crippen molar-refractivity contribution < 1.29 is 9.59 Å². The van der Waals surface area contributed by atoms with Crippen molar-refractivity contribution in [2.75, 3.05) is 4.90 Å². The summed E-state index contributed by atoms with van der Waals surface area (Å²) in [5, 5.41) is 8.11. The van der Waals surface area contributed by atoms with E-state index < -0.39 is 5.54 Å². The first-order valence-corrected chi connectivity index (χ1v) is 13.6. The van der Waals surface area contributed by atoms with Gasteiger partial charge in [-0.05, 0) is 74.4 Å². The maximum absolute atomic E-state index is 14.1. The Kier molecular flexibility index (Phi) is 6.69. The first-order chi connectivity index (χ1) is 17.7. The number of anilines is 1. The van der Waals surface area contributed by atoms with Crippen LogP contribution in [0.15, 0.2) is 48.5 Å². The number of benzene rings is 2. The number of nitrogens with zero attached hydrogens (tertiary/aromatic N) is 3. The third-order valence-corrected chi connectivity index (χ3v) is 8.20. The molecule has 2 amide bonds. The van der Waals surface area contributed by atoms with Crippen LogP contribution in [0.4, 0.5) is 5.69 Å². The van der Waals surface area contributed by atoms with Crippen molar-refractivity contribution in [2.24, 2.45) is 0 Å². The molecule has 1 saturated carbocycles. The number of nitrogens with one attached hydrogen (secondary N) is 1. The van der Waals surface area contributed by atoms with Crippen molar-refractivity contribution in [1.29, 1.82) is 0 Å². The smallest absolute Gasteiger partial charge is 0.277 e. The van der Waals surface area contributed by atoms with Gasteiger partial charge < -0.3 is 5.32 Å². The average Bonchev–Trinajstić information content (AvgIpc) is 3.31. The summed E-state index contributed by atoms with van der Waals surface area (Å²) in [6.45, 7) is 10.6. The zero-order valence-corrected chi connectivity index (χ0v) is 22.7. The van der Waals surface area contributed by atoms with Gasteiger partial charge in [0.05, 0.1) is 12.2 Å². The fourth-order valence-corrected chi connectivity index (χ4v) is 5.62. The predicted molar refractivity (Wildman–Crippen MR) is 148 cm³/mol. The Bertz CT molecular complexity index is 1320. The van der Waals surface area contributed by atoms with Crippen LogP contribution in [0.3, 0.4) is 0 Å². The van der Waals surface area contributed by atoms with Gasteiger partial charge in [0.25, 0.3) is 5.91 Å². The topological polar surface area (TPSA) is 67.2 Å². The van der Waals surface area contributed by atoms with E-state index in [4.69, 9.17) is 5.10 Å². The highest BCUT2D eigenvalue weighted by Crippen LogP contribution is 2.35. The molecule has 0 spiro atoms. The van der Waals surface area contributed by atoms with E-state index in [1.54, 1.807) is 9.58 Å². The standard InChI is InChI=1S/C31H38N4O2/c1-20(2)23-12-14-24(15-13-23)27-18-28-29(36)35(26-16-11-21(3)22(4)17-26)31(5,19-34(28)33-27)30(37)32-25-9-7-6-8-10-25/h11-18,20,25H,6-10,19H2,1-5H3,(H,32,37)/t31-/m1/s1. The number of hydrogen-bond donors (Lipinski definition) is 1. The molecule has 2 heterocycles. The van der Waals surface area contributed by atoms with Gasteiger partial charge in [-0.25, -0.2) is 0 Å². The lowest BCUT2D eigenvalue weighted by atomic mass is 9.90. The van der Waals surface area contributed by atoms with Crippen molar-refractivity contribution >= 4 is 17.5 Å². The molecule has 1 N–H and O–H groups in total. The Morgan fingerprint density at radius 2 is 1.70 bits per heavy atom. The van der Waals surface area contributed by atoms with Crippen LogP contribution in [0.25, 0.3) is 11.3 Å². The number of carbonyl (C=O) groups is 2. The van der Waals surface area contributed by atoms with E-state index in [-0.39, 0.29) is 17.9 Å². The van der Waals surface area contributed by atoms with Gasteiger partial charge in [0.15, 0.2) is 0 Å². The Hall–Kier alpha value is -3.41. The van der Waals surface area contributed by atoms with E-state index in [2.05, 4.69) is 50.4 Å². The number of fused-ring (bicyclic) bond motifs is 1. The summed E-state index contributed by atoms with van der Waals surface area (Å²) in [6.07, 6.45) is 5.45. The van der Waals surface area contributed by atoms with Crippen molar-refractivity contribution in [2.45, 2.75) is 90.8 Å². The van der Waals surface area contributed by atoms with E-state index in [1.165, 1.54) is 12.0 Å². The van der Waals surface area contributed by atoms with Gasteiger partial charge in [0.1, 0.15) is 11.2 Å². The van der Waals surface area contributed by atoms with Gasteiger partial charge in [0.2, 0.25) is 5.91 Å². The van der Waals surface area contributed by atoms with E-state index in [0.29, 0.717) is 18.2 Å². The van der Waals surface area contributed by atoms with Gasteiger partial charge in [-0.15, -0.1) is 0 Å². The molecule has 194 valence electrons. The van der Waals surface area contributed by atoms with Crippen LogP contribution < -0.4 is 10.2 Å². The molecule has 1 aromatic heterocycles. The Morgan fingerprint density at radius 1 is 1.00 bits per heavy atom. The summed E-state index contributed by atoms with van der Waals surface area (Å²) in [7, 11) is 0. The molecule has 6 nitrogen and oxygen atoms in total. The lowest BCUT2D eigenvalue weighted by Crippen LogP contribution is -2.65. The molecule has 0 bridgehead atoms. The fraction of sp³-hybridized carbons (Fsp3) is 0.452. The maximum Gasteiger partial charge on any atom is 0.277 e. The van der Waals surface area contributed by atoms with E-state index in [0.717, 1.165) is 53.8 Å². The second-order valence-electron chi connectivity index (χ2n) is 11.3. The van der Waals surface area contributed by atoms with E-state index in [1.807, 2.05) is 38.1 Å². The first kappa shape index (κ1) is 25.2. The van der Waals surface area contributed by atoms with Crippen LogP contribution in [0.5, 0.6) is 0 Å². The molecule has 1 fully saturated rings. The highest BCUT2D eigenvalue weighted by atomic mass is 16.2. The summed E-state index contributed by atoms with van der Waals surface area (Å²) in [6, 6.07) is 16.3. The number of aryl methyl sites for hydroxylation is 2. The zero-order valence-electron chi connectivity index (χ0n) is 22.7. The third-order valence-electron chi connectivity index (χ3n) is 8.20. The van der Waals surface area contributed by atoms with Crippen molar-refractivity contribution in [3.8, 4) is 11.3 Å². The fourth-order valence-electron chi connectivity index (χ4n) is 5.62. The average molecular weight is 499 g/mol. The SMILES string of the molecule is Cc1ccc(N2C(=O)c3cc(-c4ccc(C(C)C)cc4)nn3C[C@]2(C)C(=O)NC2CCCCC2)cc1C. The molecule has 1 atom stereocenters. The normalized spacial score (nSPS) is 20.3. The van der Waals surface area contributed by atoms with E-state index >= 15 is 0 Å². The van der Waals surface area contributed by atoms with E-state index in [9.17, 15) is 9.59 Å². The molecule has 0 saturated heterocycles. The first-order valence-electron chi connectivity index (χ1n) is 13.6. The van der Waals surface area contributed by atoms with Crippen molar-refractivity contribution in [3.63, 3.8) is 0 Å². The molecule has 5 rings (SSSR count). The highest BCUT2D eigenvalue weighted by Gasteiger charge is 2.49. The molecule has 1 aliphatic heterocycles. The number of rotatable bonds is 5. The van der Waals surface area contributed by atoms with Gasteiger partial charge >= 0.3 is 0 Å². The largest absolute Gasteiger partial charge is 0.351 e. The minimum Gasteiger partial charge on any atom is -0.351 e. The van der Waals surface area contributed by atoms with Crippen molar-refractivity contribution in [3.05, 3.63) is 70.9 Å². The summed E-state index contributed by atoms with van der Waals surface area (Å²) in [5.41, 5.74) is 5.35. The molecule has 0 radical (unpaired) electrons. The van der Waals surface area contributed by atoms with Crippen LogP contribution in [-0.2, 0) is 11.3 Å². The lowest BCUT2D eigenvalue weighted by Gasteiger charge is -2.44. The van der Waals surface area contributed by atoms with Crippen LogP contribution in [0, 0.1) is 13.8 Å². The van der Waals surface area contributed by atoms with Crippen LogP contribution >= 0.6 is 0 Å². The molecule has 6 heteroatoms. The van der Waals surface area contributed by atoms with Crippen molar-refractivity contribution in [1.82, 2.24) is 15.1 Å². The molecule has 2 aromatic carbocycles. The minimum atomic E-state index is -1.10. The molecule has 0 unspecified atom stereocenters. The summed E-state index contributed by atoms with van der Waals surface area (Å²) in [4.78, 5) is 29.7. The molecular formula is C31H38N4O2. The Balaban J connectivity index is 1.55. The van der Waals surface area contributed by atoms with Crippen LogP contribution in [0.2, 0.25) is 0 Å². The van der Waals surface area contributed by atoms with Gasteiger partial charge in [-0.3, -0.25) is 19.2 Å². The highest BCUT2D eigenvalue weighted by molar-refractivity contribution is 6.12. The third kappa shape index (κ3) is 4.70. The molecule has 37 heavy (non-hydrogen) atoms. The van der Waals surface area contributed by atoms with Gasteiger partial charge in [0, 0.05) is 17.3 Å². The number of carbonyl (C=O) groups excluding carboxylic acids is 2. The lowest BCUT2D eigenvalue weighted by molar-refractivity contribution is -0.127.